The molecule has 17 heavy (non-hydrogen) atoms. The number of hydrogen-bond donors (Lipinski definition) is 1. The van der Waals surface area contributed by atoms with Crippen molar-refractivity contribution in [1.82, 2.24) is 5.32 Å². The molecule has 2 fully saturated rings. The molecule has 2 aliphatic heterocycles. The zero-order valence-corrected chi connectivity index (χ0v) is 9.58. The number of benzene rings is 1. The molecule has 2 aliphatic rings. The first-order valence-electron chi connectivity index (χ1n) is 5.95. The van der Waals surface area contributed by atoms with Gasteiger partial charge in [-0.25, -0.2) is 4.39 Å². The Bertz CT molecular complexity index is 454. The van der Waals surface area contributed by atoms with Gasteiger partial charge in [-0.3, -0.25) is 4.79 Å². The van der Waals surface area contributed by atoms with Crippen LogP contribution in [0.4, 0.5) is 10.1 Å². The maximum Gasteiger partial charge on any atom is 0.227 e. The summed E-state index contributed by atoms with van der Waals surface area (Å²) in [5.74, 6) is -0.180. The summed E-state index contributed by atoms with van der Waals surface area (Å²) in [5, 5.41) is 3.31. The van der Waals surface area contributed by atoms with E-state index in [0.29, 0.717) is 18.7 Å². The lowest BCUT2D eigenvalue weighted by Crippen LogP contribution is -2.29. The van der Waals surface area contributed by atoms with Crippen molar-refractivity contribution >= 4 is 11.6 Å². The number of nitrogens with one attached hydrogen (secondary N) is 1. The van der Waals surface area contributed by atoms with Gasteiger partial charge in [0.2, 0.25) is 5.91 Å². The highest BCUT2D eigenvalue weighted by Crippen LogP contribution is 2.38. The van der Waals surface area contributed by atoms with E-state index < -0.39 is 0 Å². The Hall–Kier alpha value is -1.42. The molecule has 1 aromatic carbocycles. The van der Waals surface area contributed by atoms with Gasteiger partial charge in [0.15, 0.2) is 0 Å². The summed E-state index contributed by atoms with van der Waals surface area (Å²) in [5.41, 5.74) is 0.752. The lowest BCUT2D eigenvalue weighted by molar-refractivity contribution is -0.117. The number of carbonyl (C=O) groups is 1. The SMILES string of the molecule is O=C1CC2(CCNC2)CN1c1cccc(F)c1. The highest BCUT2D eigenvalue weighted by Gasteiger charge is 2.45. The third kappa shape index (κ3) is 1.82. The first-order chi connectivity index (χ1) is 8.19. The second-order valence-corrected chi connectivity index (χ2v) is 5.06. The van der Waals surface area contributed by atoms with Crippen LogP contribution in [0.1, 0.15) is 12.8 Å². The molecule has 2 saturated heterocycles. The third-order valence-electron chi connectivity index (χ3n) is 3.77. The molecule has 2 heterocycles. The molecule has 3 nitrogen and oxygen atoms in total. The molecule has 0 saturated carbocycles. The van der Waals surface area contributed by atoms with Gasteiger partial charge in [-0.2, -0.15) is 0 Å². The van der Waals surface area contributed by atoms with Gasteiger partial charge in [0.25, 0.3) is 0 Å². The fraction of sp³-hybridized carbons (Fsp3) is 0.462. The average molecular weight is 234 g/mol. The molecule has 1 N–H and O–H groups in total. The average Bonchev–Trinajstić information content (AvgIpc) is 2.87. The molecule has 1 atom stereocenters. The summed E-state index contributed by atoms with van der Waals surface area (Å²) >= 11 is 0. The minimum absolute atomic E-state index is 0.0728. The van der Waals surface area contributed by atoms with E-state index in [9.17, 15) is 9.18 Å². The van der Waals surface area contributed by atoms with Crippen LogP contribution in [-0.4, -0.2) is 25.5 Å². The molecule has 1 unspecified atom stereocenters. The van der Waals surface area contributed by atoms with Gasteiger partial charge in [0, 0.05) is 30.6 Å². The van der Waals surface area contributed by atoms with Crippen LogP contribution in [0.5, 0.6) is 0 Å². The monoisotopic (exact) mass is 234 g/mol. The van der Waals surface area contributed by atoms with E-state index in [4.69, 9.17) is 0 Å². The predicted molar refractivity (Wildman–Crippen MR) is 63.3 cm³/mol. The maximum absolute atomic E-state index is 13.2. The Morgan fingerprint density at radius 1 is 1.41 bits per heavy atom. The van der Waals surface area contributed by atoms with Crippen molar-refractivity contribution in [2.24, 2.45) is 5.41 Å². The van der Waals surface area contributed by atoms with E-state index >= 15 is 0 Å². The zero-order valence-electron chi connectivity index (χ0n) is 9.58. The van der Waals surface area contributed by atoms with Crippen LogP contribution in [0.3, 0.4) is 0 Å². The van der Waals surface area contributed by atoms with Crippen molar-refractivity contribution in [3.8, 4) is 0 Å². The van der Waals surface area contributed by atoms with E-state index in [0.717, 1.165) is 19.5 Å². The summed E-state index contributed by atoms with van der Waals surface area (Å²) in [6.07, 6.45) is 1.61. The lowest BCUT2D eigenvalue weighted by Gasteiger charge is -2.22. The molecule has 1 spiro atoms. The van der Waals surface area contributed by atoms with Crippen LogP contribution in [0.15, 0.2) is 24.3 Å². The number of amides is 1. The lowest BCUT2D eigenvalue weighted by atomic mass is 9.86. The summed E-state index contributed by atoms with van der Waals surface area (Å²) in [6.45, 7) is 2.58. The van der Waals surface area contributed by atoms with Crippen molar-refractivity contribution in [2.45, 2.75) is 12.8 Å². The van der Waals surface area contributed by atoms with E-state index in [-0.39, 0.29) is 17.1 Å². The quantitative estimate of drug-likeness (QED) is 0.799. The van der Waals surface area contributed by atoms with E-state index in [1.807, 2.05) is 0 Å². The van der Waals surface area contributed by atoms with Crippen molar-refractivity contribution < 1.29 is 9.18 Å². The van der Waals surface area contributed by atoms with Gasteiger partial charge in [-0.15, -0.1) is 0 Å². The van der Waals surface area contributed by atoms with E-state index in [2.05, 4.69) is 5.32 Å². The number of anilines is 1. The Morgan fingerprint density at radius 2 is 2.29 bits per heavy atom. The summed E-state index contributed by atoms with van der Waals surface area (Å²) in [7, 11) is 0. The van der Waals surface area contributed by atoms with Gasteiger partial charge < -0.3 is 10.2 Å². The molecular formula is C13H15FN2O. The number of nitrogens with zero attached hydrogens (tertiary/aromatic N) is 1. The van der Waals surface area contributed by atoms with Gasteiger partial charge in [0.05, 0.1) is 0 Å². The summed E-state index contributed by atoms with van der Waals surface area (Å²) in [6, 6.07) is 6.27. The summed E-state index contributed by atoms with van der Waals surface area (Å²) in [4.78, 5) is 13.7. The van der Waals surface area contributed by atoms with Crippen molar-refractivity contribution in [3.63, 3.8) is 0 Å². The standard InChI is InChI=1S/C13H15FN2O/c14-10-2-1-3-11(6-10)16-9-13(7-12(16)17)4-5-15-8-13/h1-3,6,15H,4-5,7-9H2. The molecule has 0 radical (unpaired) electrons. The molecule has 0 aliphatic carbocycles. The molecule has 90 valence electrons. The van der Waals surface area contributed by atoms with Crippen LogP contribution in [-0.2, 0) is 4.79 Å². The Kier molecular flexibility index (Phi) is 2.40. The molecule has 1 amide bonds. The molecule has 0 aromatic heterocycles. The van der Waals surface area contributed by atoms with Gasteiger partial charge >= 0.3 is 0 Å². The van der Waals surface area contributed by atoms with Crippen LogP contribution >= 0.6 is 0 Å². The first kappa shape index (κ1) is 10.7. The normalized spacial score (nSPS) is 28.3. The minimum Gasteiger partial charge on any atom is -0.316 e. The minimum atomic E-state index is -0.291. The maximum atomic E-state index is 13.2. The van der Waals surface area contributed by atoms with Gasteiger partial charge in [-0.05, 0) is 31.2 Å². The Morgan fingerprint density at radius 3 is 3.00 bits per heavy atom. The smallest absolute Gasteiger partial charge is 0.227 e. The molecule has 0 bridgehead atoms. The van der Waals surface area contributed by atoms with Crippen LogP contribution in [0, 0.1) is 11.2 Å². The van der Waals surface area contributed by atoms with Crippen molar-refractivity contribution in [1.29, 1.82) is 0 Å². The van der Waals surface area contributed by atoms with E-state index in [1.165, 1.54) is 12.1 Å². The fourth-order valence-corrected chi connectivity index (χ4v) is 2.86. The second kappa shape index (κ2) is 3.81. The Balaban J connectivity index is 1.87. The Labute approximate surface area is 99.6 Å². The molecular weight excluding hydrogens is 219 g/mol. The predicted octanol–water partition coefficient (Wildman–Crippen LogP) is 1.54. The first-order valence-corrected chi connectivity index (χ1v) is 5.95. The van der Waals surface area contributed by atoms with Gasteiger partial charge in [0.1, 0.15) is 5.82 Å². The van der Waals surface area contributed by atoms with Crippen molar-refractivity contribution in [2.75, 3.05) is 24.5 Å². The highest BCUT2D eigenvalue weighted by molar-refractivity contribution is 5.96. The number of carbonyl (C=O) groups excluding carboxylic acids is 1. The summed E-state index contributed by atoms with van der Waals surface area (Å²) < 4.78 is 13.2. The van der Waals surface area contributed by atoms with Crippen LogP contribution in [0.25, 0.3) is 0 Å². The zero-order chi connectivity index (χ0) is 11.9. The topological polar surface area (TPSA) is 32.3 Å². The highest BCUT2D eigenvalue weighted by atomic mass is 19.1. The van der Waals surface area contributed by atoms with Crippen LogP contribution in [0.2, 0.25) is 0 Å². The molecule has 1 aromatic rings. The van der Waals surface area contributed by atoms with Gasteiger partial charge in [-0.1, -0.05) is 6.07 Å². The largest absolute Gasteiger partial charge is 0.316 e. The molecule has 4 heteroatoms. The number of hydrogen-bond acceptors (Lipinski definition) is 2. The van der Waals surface area contributed by atoms with E-state index in [1.54, 1.807) is 17.0 Å². The fourth-order valence-electron chi connectivity index (χ4n) is 2.86. The van der Waals surface area contributed by atoms with Crippen molar-refractivity contribution in [3.05, 3.63) is 30.1 Å². The number of rotatable bonds is 1. The second-order valence-electron chi connectivity index (χ2n) is 5.06. The molecule has 3 rings (SSSR count). The number of halogens is 1. The third-order valence-corrected chi connectivity index (χ3v) is 3.77. The van der Waals surface area contributed by atoms with Crippen LogP contribution < -0.4 is 10.2 Å².